The molecule has 0 aliphatic carbocycles. The van der Waals surface area contributed by atoms with Crippen LogP contribution in [0.25, 0.3) is 0 Å². The number of allylic oxidation sites excluding steroid dienone is 3. The second kappa shape index (κ2) is 4.73. The van der Waals surface area contributed by atoms with Crippen molar-refractivity contribution in [2.75, 3.05) is 0 Å². The van der Waals surface area contributed by atoms with Gasteiger partial charge >= 0.3 is 0 Å². The molecule has 0 aromatic rings. The van der Waals surface area contributed by atoms with Crippen LogP contribution < -0.4 is 0 Å². The zero-order valence-electron chi connectivity index (χ0n) is 7.52. The Kier molecular flexibility index (Phi) is 4.29. The molecule has 0 spiro atoms. The minimum Gasteiger partial charge on any atom is -0.192 e. The molecule has 1 atom stereocenters. The summed E-state index contributed by atoms with van der Waals surface area (Å²) in [7, 11) is 0. The van der Waals surface area contributed by atoms with Crippen molar-refractivity contribution in [1.29, 1.82) is 5.26 Å². The zero-order chi connectivity index (χ0) is 8.85. The van der Waals surface area contributed by atoms with Crippen LogP contribution >= 0.6 is 0 Å². The van der Waals surface area contributed by atoms with E-state index in [1.165, 1.54) is 0 Å². The van der Waals surface area contributed by atoms with E-state index >= 15 is 0 Å². The Bertz CT molecular complexity index is 205. The summed E-state index contributed by atoms with van der Waals surface area (Å²) >= 11 is 0. The molecule has 1 heteroatoms. The second-order valence-electron chi connectivity index (χ2n) is 2.72. The van der Waals surface area contributed by atoms with Gasteiger partial charge in [-0.2, -0.15) is 5.26 Å². The minimum atomic E-state index is 0.489. The van der Waals surface area contributed by atoms with E-state index in [0.29, 0.717) is 5.92 Å². The van der Waals surface area contributed by atoms with Crippen LogP contribution in [0.2, 0.25) is 0 Å². The molecule has 1 unspecified atom stereocenters. The molecule has 1 nitrogen and oxygen atoms in total. The van der Waals surface area contributed by atoms with Crippen LogP contribution in [0.1, 0.15) is 27.2 Å². The molecule has 0 fully saturated rings. The zero-order valence-corrected chi connectivity index (χ0v) is 7.52. The highest BCUT2D eigenvalue weighted by Gasteiger charge is 2.04. The Morgan fingerprint density at radius 2 is 2.27 bits per heavy atom. The monoisotopic (exact) mass is 149 g/mol. The lowest BCUT2D eigenvalue weighted by molar-refractivity contribution is 0.652. The molecular formula is C10H15N. The summed E-state index contributed by atoms with van der Waals surface area (Å²) in [6, 6.07) is 2.13. The highest BCUT2D eigenvalue weighted by molar-refractivity contribution is 5.36. The average molecular weight is 149 g/mol. The van der Waals surface area contributed by atoms with Crippen LogP contribution in [0.3, 0.4) is 0 Å². The second-order valence-corrected chi connectivity index (χ2v) is 2.72. The van der Waals surface area contributed by atoms with Gasteiger partial charge in [-0.05, 0) is 19.3 Å². The molecule has 0 aromatic heterocycles. The summed E-state index contributed by atoms with van der Waals surface area (Å²) in [5.74, 6) is 0.489. The van der Waals surface area contributed by atoms with Crippen molar-refractivity contribution in [1.82, 2.24) is 0 Å². The quantitative estimate of drug-likeness (QED) is 0.447. The van der Waals surface area contributed by atoms with E-state index in [1.54, 1.807) is 6.08 Å². The minimum absolute atomic E-state index is 0.489. The van der Waals surface area contributed by atoms with E-state index in [1.807, 2.05) is 6.92 Å². The third kappa shape index (κ3) is 2.59. The Labute approximate surface area is 69.0 Å². The molecule has 0 amide bonds. The van der Waals surface area contributed by atoms with Crippen molar-refractivity contribution in [3.63, 3.8) is 0 Å². The van der Waals surface area contributed by atoms with E-state index in [4.69, 9.17) is 5.26 Å². The van der Waals surface area contributed by atoms with Crippen molar-refractivity contribution in [2.45, 2.75) is 27.2 Å². The molecule has 0 heterocycles. The summed E-state index contributed by atoms with van der Waals surface area (Å²) in [6.07, 6.45) is 2.70. The topological polar surface area (TPSA) is 23.8 Å². The number of nitrogens with zero attached hydrogens (tertiary/aromatic N) is 1. The number of nitriles is 1. The van der Waals surface area contributed by atoms with E-state index in [0.717, 1.165) is 17.6 Å². The molecule has 0 aliphatic heterocycles. The Morgan fingerprint density at radius 3 is 2.55 bits per heavy atom. The maximum atomic E-state index is 8.66. The largest absolute Gasteiger partial charge is 0.192 e. The maximum Gasteiger partial charge on any atom is 0.0990 e. The van der Waals surface area contributed by atoms with Crippen LogP contribution in [0.4, 0.5) is 0 Å². The molecule has 0 N–H and O–H groups in total. The molecule has 0 bridgehead atoms. The molecule has 60 valence electrons. The summed E-state index contributed by atoms with van der Waals surface area (Å²) in [5.41, 5.74) is 1.87. The van der Waals surface area contributed by atoms with Gasteiger partial charge in [0, 0.05) is 0 Å². The Balaban J connectivity index is 4.63. The molecule has 0 rings (SSSR count). The fourth-order valence-corrected chi connectivity index (χ4v) is 0.866. The van der Waals surface area contributed by atoms with Crippen molar-refractivity contribution in [2.24, 2.45) is 5.92 Å². The van der Waals surface area contributed by atoms with Gasteiger partial charge in [0.2, 0.25) is 0 Å². The van der Waals surface area contributed by atoms with Crippen molar-refractivity contribution >= 4 is 0 Å². The predicted molar refractivity (Wildman–Crippen MR) is 48.0 cm³/mol. The Morgan fingerprint density at radius 1 is 1.73 bits per heavy atom. The highest BCUT2D eigenvalue weighted by Crippen LogP contribution is 2.17. The predicted octanol–water partition coefficient (Wildman–Crippen LogP) is 3.06. The van der Waals surface area contributed by atoms with Gasteiger partial charge in [-0.1, -0.05) is 32.1 Å². The smallest absolute Gasteiger partial charge is 0.0990 e. The molecule has 0 saturated heterocycles. The number of rotatable bonds is 3. The van der Waals surface area contributed by atoms with E-state index in [-0.39, 0.29) is 0 Å². The van der Waals surface area contributed by atoms with E-state index in [2.05, 4.69) is 26.5 Å². The van der Waals surface area contributed by atoms with Crippen molar-refractivity contribution in [3.8, 4) is 6.07 Å². The van der Waals surface area contributed by atoms with Crippen molar-refractivity contribution < 1.29 is 0 Å². The van der Waals surface area contributed by atoms with E-state index in [9.17, 15) is 0 Å². The Hall–Kier alpha value is -1.03. The summed E-state index contributed by atoms with van der Waals surface area (Å²) in [5, 5.41) is 8.66. The van der Waals surface area contributed by atoms with Crippen LogP contribution in [-0.4, -0.2) is 0 Å². The van der Waals surface area contributed by atoms with Gasteiger partial charge in [-0.15, -0.1) is 0 Å². The molecule has 11 heavy (non-hydrogen) atoms. The average Bonchev–Trinajstić information content (AvgIpc) is 2.05. The van der Waals surface area contributed by atoms with Gasteiger partial charge in [-0.3, -0.25) is 0 Å². The normalized spacial score (nSPS) is 14.7. The maximum absolute atomic E-state index is 8.66. The third-order valence-electron chi connectivity index (χ3n) is 2.10. The van der Waals surface area contributed by atoms with Crippen molar-refractivity contribution in [3.05, 3.63) is 23.8 Å². The standard InChI is InChI=1S/C10H15N/c1-5-8(3)9(4)10(6-2)7-11/h6,8H,2,5H2,1,3-4H3. The number of hydrogen-bond acceptors (Lipinski definition) is 1. The van der Waals surface area contributed by atoms with Crippen LogP contribution in [0.5, 0.6) is 0 Å². The third-order valence-corrected chi connectivity index (χ3v) is 2.10. The molecule has 0 aliphatic rings. The molecular weight excluding hydrogens is 134 g/mol. The van der Waals surface area contributed by atoms with Gasteiger partial charge in [0.05, 0.1) is 11.6 Å². The van der Waals surface area contributed by atoms with Gasteiger partial charge in [-0.25, -0.2) is 0 Å². The summed E-state index contributed by atoms with van der Waals surface area (Å²) in [4.78, 5) is 0. The summed E-state index contributed by atoms with van der Waals surface area (Å²) in [6.45, 7) is 9.82. The van der Waals surface area contributed by atoms with Gasteiger partial charge < -0.3 is 0 Å². The lowest BCUT2D eigenvalue weighted by Gasteiger charge is -2.09. The lowest BCUT2D eigenvalue weighted by atomic mass is 9.96. The van der Waals surface area contributed by atoms with Crippen LogP contribution in [-0.2, 0) is 0 Å². The lowest BCUT2D eigenvalue weighted by Crippen LogP contribution is -1.96. The first-order valence-electron chi connectivity index (χ1n) is 3.90. The molecule has 0 aromatic carbocycles. The summed E-state index contributed by atoms with van der Waals surface area (Å²) < 4.78 is 0. The number of hydrogen-bond donors (Lipinski definition) is 0. The van der Waals surface area contributed by atoms with Gasteiger partial charge in [0.25, 0.3) is 0 Å². The first-order chi connectivity index (χ1) is 5.17. The highest BCUT2D eigenvalue weighted by atomic mass is 14.2. The SMILES string of the molecule is C=CC(C#N)=C(C)C(C)CC. The van der Waals surface area contributed by atoms with Crippen LogP contribution in [0.15, 0.2) is 23.8 Å². The fraction of sp³-hybridized carbons (Fsp3) is 0.500. The first kappa shape index (κ1) is 9.97. The van der Waals surface area contributed by atoms with Gasteiger partial charge in [0.1, 0.15) is 0 Å². The molecule has 0 saturated carbocycles. The van der Waals surface area contributed by atoms with Gasteiger partial charge in [0.15, 0.2) is 0 Å². The van der Waals surface area contributed by atoms with E-state index < -0.39 is 0 Å². The van der Waals surface area contributed by atoms with Crippen LogP contribution in [0, 0.1) is 17.2 Å². The molecule has 0 radical (unpaired) electrons. The first-order valence-corrected chi connectivity index (χ1v) is 3.90. The fourth-order valence-electron chi connectivity index (χ4n) is 0.866.